The van der Waals surface area contributed by atoms with E-state index in [1.54, 1.807) is 73.7 Å². The van der Waals surface area contributed by atoms with Gasteiger partial charge in [-0.25, -0.2) is 8.42 Å². The molecule has 8 nitrogen and oxygen atoms in total. The van der Waals surface area contributed by atoms with Crippen LogP contribution in [0, 0.1) is 0 Å². The third-order valence-corrected chi connectivity index (χ3v) is 9.34. The molecule has 2 unspecified atom stereocenters. The Labute approximate surface area is 264 Å². The molecule has 0 spiro atoms. The van der Waals surface area contributed by atoms with Crippen molar-refractivity contribution in [3.8, 4) is 11.5 Å². The minimum Gasteiger partial charge on any atom is -0.457 e. The highest BCUT2D eigenvalue weighted by Crippen LogP contribution is 2.29. The fraction of sp³-hybridized carbons (Fsp3) is 0.235. The van der Waals surface area contributed by atoms with Crippen LogP contribution < -0.4 is 14.4 Å². The second kappa shape index (κ2) is 14.9. The number of hydrogen-bond acceptors (Lipinski definition) is 5. The number of ether oxygens (including phenoxy) is 1. The molecule has 0 aromatic heterocycles. The van der Waals surface area contributed by atoms with Crippen LogP contribution in [-0.4, -0.2) is 43.8 Å². The van der Waals surface area contributed by atoms with Crippen LogP contribution >= 0.6 is 11.6 Å². The summed E-state index contributed by atoms with van der Waals surface area (Å²) >= 11 is 6.43. The number of sulfonamides is 1. The Morgan fingerprint density at radius 1 is 0.818 bits per heavy atom. The largest absolute Gasteiger partial charge is 0.457 e. The van der Waals surface area contributed by atoms with Crippen LogP contribution in [0.15, 0.2) is 114 Å². The molecule has 2 atom stereocenters. The van der Waals surface area contributed by atoms with Crippen LogP contribution in [0.3, 0.4) is 0 Å². The molecule has 0 saturated heterocycles. The van der Waals surface area contributed by atoms with Crippen molar-refractivity contribution >= 4 is 39.1 Å². The van der Waals surface area contributed by atoms with Crippen LogP contribution in [0.25, 0.3) is 0 Å². The van der Waals surface area contributed by atoms with Crippen LogP contribution in [0.1, 0.15) is 32.8 Å². The van der Waals surface area contributed by atoms with Crippen molar-refractivity contribution in [2.45, 2.75) is 50.7 Å². The second-order valence-electron chi connectivity index (χ2n) is 10.3. The Morgan fingerprint density at radius 3 is 2.00 bits per heavy atom. The van der Waals surface area contributed by atoms with Crippen LogP contribution in [-0.2, 0) is 26.2 Å². The third kappa shape index (κ3) is 8.18. The number of carbonyl (C=O) groups excluding carboxylic acids is 2. The van der Waals surface area contributed by atoms with Gasteiger partial charge in [0.25, 0.3) is 10.0 Å². The van der Waals surface area contributed by atoms with Gasteiger partial charge in [0.15, 0.2) is 0 Å². The van der Waals surface area contributed by atoms with Gasteiger partial charge < -0.3 is 15.0 Å². The number of nitrogens with one attached hydrogen (secondary N) is 1. The van der Waals surface area contributed by atoms with Crippen LogP contribution in [0.4, 0.5) is 5.69 Å². The van der Waals surface area contributed by atoms with E-state index in [4.69, 9.17) is 16.3 Å². The summed E-state index contributed by atoms with van der Waals surface area (Å²) < 4.78 is 34.9. The molecule has 2 amide bonds. The Hall–Kier alpha value is -4.34. The molecule has 0 radical (unpaired) electrons. The van der Waals surface area contributed by atoms with E-state index in [-0.39, 0.29) is 29.1 Å². The molecule has 0 bridgehead atoms. The van der Waals surface area contributed by atoms with E-state index in [0.717, 1.165) is 4.31 Å². The van der Waals surface area contributed by atoms with Gasteiger partial charge in [0.2, 0.25) is 11.8 Å². The number of rotatable bonds is 13. The van der Waals surface area contributed by atoms with E-state index in [1.807, 2.05) is 44.2 Å². The maximum Gasteiger partial charge on any atom is 0.264 e. The normalized spacial score (nSPS) is 12.5. The van der Waals surface area contributed by atoms with Gasteiger partial charge in [-0.1, -0.05) is 73.1 Å². The number of halogens is 1. The molecule has 0 heterocycles. The SMILES string of the molecule is CCC(C)NC(=O)C(C)N(Cc1ccccc1Cl)C(=O)CN(c1ccc(Oc2ccccc2)cc1)S(=O)(=O)c1ccccc1. The fourth-order valence-electron chi connectivity index (χ4n) is 4.41. The van der Waals surface area contributed by atoms with E-state index in [2.05, 4.69) is 5.32 Å². The van der Waals surface area contributed by atoms with E-state index in [9.17, 15) is 18.0 Å². The molecule has 0 aliphatic carbocycles. The van der Waals surface area contributed by atoms with Crippen molar-refractivity contribution < 1.29 is 22.7 Å². The lowest BCUT2D eigenvalue weighted by molar-refractivity contribution is -0.139. The van der Waals surface area contributed by atoms with Gasteiger partial charge in [0, 0.05) is 17.6 Å². The molecule has 10 heteroatoms. The van der Waals surface area contributed by atoms with E-state index >= 15 is 0 Å². The predicted molar refractivity (Wildman–Crippen MR) is 173 cm³/mol. The zero-order valence-electron chi connectivity index (χ0n) is 24.9. The zero-order valence-corrected chi connectivity index (χ0v) is 26.5. The third-order valence-electron chi connectivity index (χ3n) is 7.18. The Morgan fingerprint density at radius 2 is 1.39 bits per heavy atom. The molecule has 4 aromatic carbocycles. The van der Waals surface area contributed by atoms with E-state index in [1.165, 1.54) is 17.0 Å². The van der Waals surface area contributed by atoms with Gasteiger partial charge in [0.05, 0.1) is 10.6 Å². The van der Waals surface area contributed by atoms with Crippen molar-refractivity contribution in [2.75, 3.05) is 10.8 Å². The number of benzene rings is 4. The average Bonchev–Trinajstić information content (AvgIpc) is 3.04. The zero-order chi connectivity index (χ0) is 31.7. The highest BCUT2D eigenvalue weighted by molar-refractivity contribution is 7.92. The minimum atomic E-state index is -4.19. The first-order valence-corrected chi connectivity index (χ1v) is 16.2. The molecule has 230 valence electrons. The highest BCUT2D eigenvalue weighted by Gasteiger charge is 2.33. The molecule has 0 saturated carbocycles. The van der Waals surface area contributed by atoms with Crippen LogP contribution in [0.5, 0.6) is 11.5 Å². The quantitative estimate of drug-likeness (QED) is 0.178. The predicted octanol–water partition coefficient (Wildman–Crippen LogP) is 6.66. The summed E-state index contributed by atoms with van der Waals surface area (Å²) in [7, 11) is -4.19. The van der Waals surface area contributed by atoms with E-state index in [0.29, 0.717) is 28.5 Å². The van der Waals surface area contributed by atoms with Crippen molar-refractivity contribution in [1.29, 1.82) is 0 Å². The summed E-state index contributed by atoms with van der Waals surface area (Å²) in [6, 6.07) is 29.6. The molecule has 44 heavy (non-hydrogen) atoms. The number of amides is 2. The molecule has 1 N–H and O–H groups in total. The van der Waals surface area contributed by atoms with Gasteiger partial charge in [-0.3, -0.25) is 13.9 Å². The first kappa shape index (κ1) is 32.6. The van der Waals surface area contributed by atoms with Crippen molar-refractivity contribution in [2.24, 2.45) is 0 Å². The lowest BCUT2D eigenvalue weighted by Gasteiger charge is -2.32. The number of para-hydroxylation sites is 1. The molecule has 4 aromatic rings. The lowest BCUT2D eigenvalue weighted by Crippen LogP contribution is -2.52. The standard InChI is InChI=1S/C34H36ClN3O5S/c1-4-25(2)36-34(40)26(3)37(23-27-13-11-12-18-32(27)35)33(39)24-38(44(41,42)31-16-9-6-10-17-31)28-19-21-30(22-20-28)43-29-14-7-5-8-15-29/h5-22,25-26H,4,23-24H2,1-3H3,(H,36,40). The molecule has 0 aliphatic rings. The van der Waals surface area contributed by atoms with Crippen molar-refractivity contribution in [3.05, 3.63) is 120 Å². The number of carbonyl (C=O) groups is 2. The second-order valence-corrected chi connectivity index (χ2v) is 12.6. The maximum absolute atomic E-state index is 14.1. The number of nitrogens with zero attached hydrogens (tertiary/aromatic N) is 2. The minimum absolute atomic E-state index is 0.0106. The lowest BCUT2D eigenvalue weighted by atomic mass is 10.1. The van der Waals surface area contributed by atoms with Gasteiger partial charge in [-0.2, -0.15) is 0 Å². The summed E-state index contributed by atoms with van der Waals surface area (Å²) in [5.41, 5.74) is 0.891. The summed E-state index contributed by atoms with van der Waals surface area (Å²) in [5.74, 6) is 0.212. The monoisotopic (exact) mass is 633 g/mol. The first-order chi connectivity index (χ1) is 21.1. The van der Waals surface area contributed by atoms with Gasteiger partial charge in [-0.05, 0) is 80.4 Å². The fourth-order valence-corrected chi connectivity index (χ4v) is 6.04. The summed E-state index contributed by atoms with van der Waals surface area (Å²) in [4.78, 5) is 28.7. The Balaban J connectivity index is 1.70. The maximum atomic E-state index is 14.1. The topological polar surface area (TPSA) is 96.0 Å². The van der Waals surface area contributed by atoms with Crippen LogP contribution in [0.2, 0.25) is 5.02 Å². The smallest absolute Gasteiger partial charge is 0.264 e. The van der Waals surface area contributed by atoms with Crippen molar-refractivity contribution in [1.82, 2.24) is 10.2 Å². The highest BCUT2D eigenvalue weighted by atomic mass is 35.5. The molecular weight excluding hydrogens is 598 g/mol. The Bertz CT molecular complexity index is 1650. The number of hydrogen-bond donors (Lipinski definition) is 1. The average molecular weight is 634 g/mol. The summed E-state index contributed by atoms with van der Waals surface area (Å²) in [5, 5.41) is 3.35. The van der Waals surface area contributed by atoms with Gasteiger partial charge in [-0.15, -0.1) is 0 Å². The molecular formula is C34H36ClN3O5S. The molecule has 0 aliphatic heterocycles. The summed E-state index contributed by atoms with van der Waals surface area (Å²) in [6.07, 6.45) is 0.712. The van der Waals surface area contributed by atoms with Gasteiger partial charge in [0.1, 0.15) is 24.1 Å². The van der Waals surface area contributed by atoms with Crippen molar-refractivity contribution in [3.63, 3.8) is 0 Å². The van der Waals surface area contributed by atoms with Gasteiger partial charge >= 0.3 is 0 Å². The molecule has 4 rings (SSSR count). The number of anilines is 1. The summed E-state index contributed by atoms with van der Waals surface area (Å²) in [6.45, 7) is 4.91. The first-order valence-electron chi connectivity index (χ1n) is 14.3. The van der Waals surface area contributed by atoms with E-state index < -0.39 is 28.5 Å². The molecule has 0 fully saturated rings. The Kier molecular flexibility index (Phi) is 11.0.